The number of ether oxygens (including phenoxy) is 1. The quantitative estimate of drug-likeness (QED) is 0.312. The summed E-state index contributed by atoms with van der Waals surface area (Å²) in [5.41, 5.74) is 0.942. The van der Waals surface area contributed by atoms with Gasteiger partial charge in [0.2, 0.25) is 5.91 Å². The number of hydrogen-bond acceptors (Lipinski definition) is 5. The molecule has 0 spiro atoms. The zero-order valence-corrected chi connectivity index (χ0v) is 23.4. The lowest BCUT2D eigenvalue weighted by Gasteiger charge is -2.34. The molecule has 3 rings (SSSR count). The third-order valence-corrected chi connectivity index (χ3v) is 6.18. The van der Waals surface area contributed by atoms with Gasteiger partial charge in [-0.15, -0.1) is 6.42 Å². The van der Waals surface area contributed by atoms with Crippen LogP contribution in [0.25, 0.3) is 10.8 Å². The summed E-state index contributed by atoms with van der Waals surface area (Å²) in [6.45, 7) is 6.61. The van der Waals surface area contributed by atoms with E-state index in [1.54, 1.807) is 51.1 Å². The first-order valence-corrected chi connectivity index (χ1v) is 13.3. The van der Waals surface area contributed by atoms with Crippen molar-refractivity contribution in [3.8, 4) is 12.3 Å². The highest BCUT2D eigenvalue weighted by Crippen LogP contribution is 2.27. The first kappa shape index (κ1) is 30.2. The molecule has 3 aromatic rings. The smallest absolute Gasteiger partial charge is 0.408 e. The average Bonchev–Trinajstić information content (AvgIpc) is 2.92. The molecule has 0 aromatic heterocycles. The molecule has 2 unspecified atom stereocenters. The first-order chi connectivity index (χ1) is 19.1. The number of benzene rings is 3. The normalized spacial score (nSPS) is 12.6. The van der Waals surface area contributed by atoms with Crippen molar-refractivity contribution in [1.82, 2.24) is 10.2 Å². The molecular weight excluding hydrogens is 506 g/mol. The number of fused-ring (bicyclic) bond motifs is 1. The molecule has 0 aliphatic rings. The highest BCUT2D eigenvalue weighted by Gasteiger charge is 2.36. The standard InChI is InChI=1S/C32H37N3O5/c1-6-8-19-35(30(38)27(21-36)34-31(39)40-32(3,4)5)28(24-15-13-22(7-2)14-16-24)29(37)33-26-18-17-23-11-9-10-12-25(23)20-26/h2,9-18,20,27-28,36H,6,8,19,21H2,1,3-5H3,(H,33,37)(H,34,39). The van der Waals surface area contributed by atoms with E-state index < -0.39 is 42.2 Å². The van der Waals surface area contributed by atoms with Crippen LogP contribution in [0, 0.1) is 12.3 Å². The summed E-state index contributed by atoms with van der Waals surface area (Å²) >= 11 is 0. The van der Waals surface area contributed by atoms with Gasteiger partial charge in [-0.3, -0.25) is 9.59 Å². The van der Waals surface area contributed by atoms with Crippen molar-refractivity contribution in [2.75, 3.05) is 18.5 Å². The van der Waals surface area contributed by atoms with Crippen LogP contribution in [-0.2, 0) is 14.3 Å². The number of amides is 3. The molecule has 8 heteroatoms. The van der Waals surface area contributed by atoms with Crippen LogP contribution in [0.15, 0.2) is 66.7 Å². The number of rotatable bonds is 10. The predicted octanol–water partition coefficient (Wildman–Crippen LogP) is 5.02. The number of hydrogen-bond donors (Lipinski definition) is 3. The van der Waals surface area contributed by atoms with Gasteiger partial charge in [0.05, 0.1) is 6.61 Å². The van der Waals surface area contributed by atoms with Crippen LogP contribution in [0.5, 0.6) is 0 Å². The van der Waals surface area contributed by atoms with Crippen LogP contribution in [-0.4, -0.2) is 52.7 Å². The predicted molar refractivity (Wildman–Crippen MR) is 157 cm³/mol. The lowest BCUT2D eigenvalue weighted by atomic mass is 10.0. The molecule has 0 bridgehead atoms. The van der Waals surface area contributed by atoms with E-state index in [0.717, 1.165) is 17.2 Å². The summed E-state index contributed by atoms with van der Waals surface area (Å²) in [5.74, 6) is 1.51. The third kappa shape index (κ3) is 8.08. The van der Waals surface area contributed by atoms with Crippen molar-refractivity contribution in [3.05, 3.63) is 77.9 Å². The molecule has 3 aromatic carbocycles. The molecule has 0 heterocycles. The summed E-state index contributed by atoms with van der Waals surface area (Å²) in [6.07, 6.45) is 6.04. The Kier molecular flexibility index (Phi) is 10.3. The Labute approximate surface area is 235 Å². The second-order valence-electron chi connectivity index (χ2n) is 10.5. The van der Waals surface area contributed by atoms with Gasteiger partial charge in [0.25, 0.3) is 5.91 Å². The number of carbonyl (C=O) groups is 3. The zero-order valence-electron chi connectivity index (χ0n) is 23.4. The Morgan fingerprint density at radius 2 is 1.70 bits per heavy atom. The molecule has 0 saturated heterocycles. The van der Waals surface area contributed by atoms with Gasteiger partial charge in [-0.1, -0.05) is 61.7 Å². The molecule has 2 atom stereocenters. The number of alkyl carbamates (subject to hydrolysis) is 1. The number of aliphatic hydroxyl groups excluding tert-OH is 1. The summed E-state index contributed by atoms with van der Waals surface area (Å²) in [7, 11) is 0. The number of terminal acetylenes is 1. The van der Waals surface area contributed by atoms with Gasteiger partial charge in [0.1, 0.15) is 17.7 Å². The minimum absolute atomic E-state index is 0.217. The number of nitrogens with one attached hydrogen (secondary N) is 2. The Hall–Kier alpha value is -4.35. The molecule has 3 N–H and O–H groups in total. The van der Waals surface area contributed by atoms with Crippen LogP contribution < -0.4 is 10.6 Å². The maximum atomic E-state index is 13.9. The lowest BCUT2D eigenvalue weighted by molar-refractivity contribution is -0.141. The molecule has 0 aliphatic carbocycles. The average molecular weight is 544 g/mol. The van der Waals surface area contributed by atoms with E-state index in [9.17, 15) is 19.5 Å². The van der Waals surface area contributed by atoms with Crippen LogP contribution in [0.3, 0.4) is 0 Å². The van der Waals surface area contributed by atoms with Gasteiger partial charge in [0, 0.05) is 17.8 Å². The fraction of sp³-hybridized carbons (Fsp3) is 0.344. The maximum absolute atomic E-state index is 13.9. The second kappa shape index (κ2) is 13.6. The van der Waals surface area contributed by atoms with Crippen LogP contribution in [0.4, 0.5) is 10.5 Å². The second-order valence-corrected chi connectivity index (χ2v) is 10.5. The Balaban J connectivity index is 1.99. The number of anilines is 1. The van der Waals surface area contributed by atoms with Gasteiger partial charge >= 0.3 is 6.09 Å². The van der Waals surface area contributed by atoms with Gasteiger partial charge in [-0.05, 0) is 67.8 Å². The van der Waals surface area contributed by atoms with Gasteiger partial charge < -0.3 is 25.4 Å². The van der Waals surface area contributed by atoms with Crippen molar-refractivity contribution >= 4 is 34.4 Å². The Morgan fingerprint density at radius 3 is 2.30 bits per heavy atom. The summed E-state index contributed by atoms with van der Waals surface area (Å²) < 4.78 is 5.28. The highest BCUT2D eigenvalue weighted by molar-refractivity contribution is 6.00. The molecule has 0 aliphatic heterocycles. The number of carbonyl (C=O) groups excluding carboxylic acids is 3. The Morgan fingerprint density at radius 1 is 1.02 bits per heavy atom. The lowest BCUT2D eigenvalue weighted by Crippen LogP contribution is -2.54. The molecule has 40 heavy (non-hydrogen) atoms. The Bertz CT molecular complexity index is 1370. The minimum Gasteiger partial charge on any atom is -0.444 e. The van der Waals surface area contributed by atoms with Crippen LogP contribution in [0.1, 0.15) is 57.7 Å². The highest BCUT2D eigenvalue weighted by atomic mass is 16.6. The van der Waals surface area contributed by atoms with Crippen LogP contribution >= 0.6 is 0 Å². The van der Waals surface area contributed by atoms with Crippen molar-refractivity contribution < 1.29 is 24.2 Å². The fourth-order valence-corrected chi connectivity index (χ4v) is 4.24. The summed E-state index contributed by atoms with van der Waals surface area (Å²) in [5, 5.41) is 17.5. The maximum Gasteiger partial charge on any atom is 0.408 e. The summed E-state index contributed by atoms with van der Waals surface area (Å²) in [4.78, 5) is 41.6. The molecular formula is C32H37N3O5. The van der Waals surface area contributed by atoms with E-state index in [2.05, 4.69) is 16.6 Å². The van der Waals surface area contributed by atoms with E-state index in [1.165, 1.54) is 4.90 Å². The largest absolute Gasteiger partial charge is 0.444 e. The molecule has 0 saturated carbocycles. The van der Waals surface area contributed by atoms with Crippen molar-refractivity contribution in [3.63, 3.8) is 0 Å². The van der Waals surface area contributed by atoms with Crippen molar-refractivity contribution in [2.45, 2.75) is 58.2 Å². The molecule has 0 fully saturated rings. The zero-order chi connectivity index (χ0) is 29.3. The first-order valence-electron chi connectivity index (χ1n) is 13.3. The number of unbranched alkanes of at least 4 members (excludes halogenated alkanes) is 1. The monoisotopic (exact) mass is 543 g/mol. The molecule has 210 valence electrons. The van der Waals surface area contributed by atoms with E-state index in [-0.39, 0.29) is 6.54 Å². The van der Waals surface area contributed by atoms with Gasteiger partial charge in [-0.2, -0.15) is 0 Å². The van der Waals surface area contributed by atoms with E-state index >= 15 is 0 Å². The van der Waals surface area contributed by atoms with Gasteiger partial charge in [0.15, 0.2) is 0 Å². The SMILES string of the molecule is C#Cc1ccc(C(C(=O)Nc2ccc3ccccc3c2)N(CCCC)C(=O)C(CO)NC(=O)OC(C)(C)C)cc1. The number of aliphatic hydroxyl groups is 1. The fourth-order valence-electron chi connectivity index (χ4n) is 4.24. The van der Waals surface area contributed by atoms with Crippen molar-refractivity contribution in [2.24, 2.45) is 0 Å². The van der Waals surface area contributed by atoms with Crippen molar-refractivity contribution in [1.29, 1.82) is 0 Å². The third-order valence-electron chi connectivity index (χ3n) is 6.18. The van der Waals surface area contributed by atoms with E-state index in [4.69, 9.17) is 11.2 Å². The summed E-state index contributed by atoms with van der Waals surface area (Å²) in [6, 6.07) is 17.8. The van der Waals surface area contributed by atoms with E-state index in [1.807, 2.05) is 43.3 Å². The van der Waals surface area contributed by atoms with E-state index in [0.29, 0.717) is 23.2 Å². The number of nitrogens with zero attached hydrogens (tertiary/aromatic N) is 1. The van der Waals surface area contributed by atoms with Crippen LogP contribution in [0.2, 0.25) is 0 Å². The molecule has 8 nitrogen and oxygen atoms in total. The molecule has 0 radical (unpaired) electrons. The topological polar surface area (TPSA) is 108 Å². The van der Waals surface area contributed by atoms with Gasteiger partial charge in [-0.25, -0.2) is 4.79 Å². The molecule has 3 amide bonds. The minimum atomic E-state index is -1.31.